The van der Waals surface area contributed by atoms with Crippen LogP contribution in [0.25, 0.3) is 0 Å². The second-order valence-electron chi connectivity index (χ2n) is 4.23. The van der Waals surface area contributed by atoms with E-state index in [0.717, 1.165) is 11.3 Å². The van der Waals surface area contributed by atoms with Gasteiger partial charge >= 0.3 is 0 Å². The zero-order valence-corrected chi connectivity index (χ0v) is 11.2. The highest BCUT2D eigenvalue weighted by Crippen LogP contribution is 2.22. The van der Waals surface area contributed by atoms with Gasteiger partial charge in [-0.05, 0) is 36.4 Å². The molecule has 0 saturated heterocycles. The van der Waals surface area contributed by atoms with Crippen LogP contribution in [0.4, 0.5) is 4.39 Å². The summed E-state index contributed by atoms with van der Waals surface area (Å²) in [4.78, 5) is 0. The highest BCUT2D eigenvalue weighted by Gasteiger charge is 2.11. The van der Waals surface area contributed by atoms with Crippen LogP contribution in [0.5, 0.6) is 0 Å². The lowest BCUT2D eigenvalue weighted by atomic mass is 10.1. The zero-order valence-electron chi connectivity index (χ0n) is 10.4. The Bertz CT molecular complexity index is 339. The van der Waals surface area contributed by atoms with Crippen LogP contribution >= 0.6 is 11.8 Å². The maximum absolute atomic E-state index is 13.2. The molecule has 1 aromatic carbocycles. The molecule has 1 atom stereocenters. The maximum atomic E-state index is 13.2. The molecule has 0 bridgehead atoms. The first kappa shape index (κ1) is 13.5. The minimum absolute atomic E-state index is 0.130. The van der Waals surface area contributed by atoms with Crippen molar-refractivity contribution in [3.05, 3.63) is 35.1 Å². The van der Waals surface area contributed by atoms with Crippen molar-refractivity contribution >= 4 is 11.8 Å². The number of benzene rings is 1. The van der Waals surface area contributed by atoms with E-state index in [1.165, 1.54) is 0 Å². The average Bonchev–Trinajstić information content (AvgIpc) is 2.23. The molecule has 0 aromatic heterocycles. The van der Waals surface area contributed by atoms with Gasteiger partial charge in [-0.1, -0.05) is 26.0 Å². The van der Waals surface area contributed by atoms with Crippen LogP contribution < -0.4 is 5.32 Å². The highest BCUT2D eigenvalue weighted by molar-refractivity contribution is 7.99. The maximum Gasteiger partial charge on any atom is 0.126 e. The molecule has 0 aliphatic heterocycles. The molecule has 1 rings (SSSR count). The summed E-state index contributed by atoms with van der Waals surface area (Å²) in [7, 11) is 1.95. The molecule has 90 valence electrons. The molecule has 3 heteroatoms. The van der Waals surface area contributed by atoms with E-state index in [4.69, 9.17) is 0 Å². The normalized spacial score (nSPS) is 13.1. The van der Waals surface area contributed by atoms with Crippen molar-refractivity contribution in [2.24, 2.45) is 0 Å². The summed E-state index contributed by atoms with van der Waals surface area (Å²) in [5.41, 5.74) is 1.88. The van der Waals surface area contributed by atoms with E-state index < -0.39 is 0 Å². The molecule has 0 spiro atoms. The Morgan fingerprint density at radius 3 is 2.56 bits per heavy atom. The molecule has 0 amide bonds. The predicted octanol–water partition coefficient (Wildman–Crippen LogP) is 3.54. The van der Waals surface area contributed by atoms with E-state index in [9.17, 15) is 4.39 Å². The van der Waals surface area contributed by atoms with Crippen LogP contribution in [0.15, 0.2) is 18.2 Å². The van der Waals surface area contributed by atoms with Gasteiger partial charge < -0.3 is 5.32 Å². The molecule has 1 nitrogen and oxygen atoms in total. The SMILES string of the molecule is CNC(CSC(C)C)c1ccc(F)c(C)c1. The summed E-state index contributed by atoms with van der Waals surface area (Å²) in [6, 6.07) is 5.64. The predicted molar refractivity (Wildman–Crippen MR) is 70.5 cm³/mol. The van der Waals surface area contributed by atoms with E-state index >= 15 is 0 Å². The van der Waals surface area contributed by atoms with Gasteiger partial charge in [0.15, 0.2) is 0 Å². The molecule has 0 fully saturated rings. The van der Waals surface area contributed by atoms with Gasteiger partial charge in [0, 0.05) is 11.8 Å². The minimum Gasteiger partial charge on any atom is -0.312 e. The van der Waals surface area contributed by atoms with Crippen molar-refractivity contribution in [3.8, 4) is 0 Å². The van der Waals surface area contributed by atoms with Crippen LogP contribution in [0.3, 0.4) is 0 Å². The van der Waals surface area contributed by atoms with Crippen LogP contribution in [0.1, 0.15) is 31.0 Å². The van der Waals surface area contributed by atoms with E-state index in [1.54, 1.807) is 13.0 Å². The molecule has 16 heavy (non-hydrogen) atoms. The van der Waals surface area contributed by atoms with Gasteiger partial charge in [0.2, 0.25) is 0 Å². The van der Waals surface area contributed by atoms with Crippen LogP contribution in [-0.4, -0.2) is 18.1 Å². The fourth-order valence-electron chi connectivity index (χ4n) is 1.52. The summed E-state index contributed by atoms with van der Waals surface area (Å²) < 4.78 is 13.2. The lowest BCUT2D eigenvalue weighted by Crippen LogP contribution is -2.19. The van der Waals surface area contributed by atoms with Crippen LogP contribution in [0.2, 0.25) is 0 Å². The Labute approximate surface area is 102 Å². The second-order valence-corrected chi connectivity index (χ2v) is 5.84. The topological polar surface area (TPSA) is 12.0 Å². The second kappa shape index (κ2) is 6.26. The molecule has 0 saturated carbocycles. The molecule has 0 radical (unpaired) electrons. The van der Waals surface area contributed by atoms with E-state index in [-0.39, 0.29) is 5.82 Å². The number of thioether (sulfide) groups is 1. The molecule has 0 aliphatic carbocycles. The fraction of sp³-hybridized carbons (Fsp3) is 0.538. The van der Waals surface area contributed by atoms with Gasteiger partial charge in [0.05, 0.1) is 0 Å². The fourth-order valence-corrected chi connectivity index (χ4v) is 2.46. The molecule has 1 aromatic rings. The quantitative estimate of drug-likeness (QED) is 0.846. The van der Waals surface area contributed by atoms with Crippen molar-refractivity contribution in [1.29, 1.82) is 0 Å². The monoisotopic (exact) mass is 241 g/mol. The van der Waals surface area contributed by atoms with E-state index in [1.807, 2.05) is 30.9 Å². The van der Waals surface area contributed by atoms with Gasteiger partial charge in [0.25, 0.3) is 0 Å². The molecule has 1 N–H and O–H groups in total. The Hall–Kier alpha value is -0.540. The molecule has 1 unspecified atom stereocenters. The Morgan fingerprint density at radius 2 is 2.06 bits per heavy atom. The number of rotatable bonds is 5. The number of hydrogen-bond acceptors (Lipinski definition) is 2. The number of hydrogen-bond donors (Lipinski definition) is 1. The first-order chi connectivity index (χ1) is 7.54. The summed E-state index contributed by atoms with van der Waals surface area (Å²) in [5, 5.41) is 3.90. The third-order valence-corrected chi connectivity index (χ3v) is 3.72. The van der Waals surface area contributed by atoms with Gasteiger partial charge in [-0.25, -0.2) is 4.39 Å². The summed E-state index contributed by atoms with van der Waals surface area (Å²) >= 11 is 1.91. The Balaban J connectivity index is 2.74. The third-order valence-electron chi connectivity index (χ3n) is 2.53. The molecular formula is C13H20FNS. The Morgan fingerprint density at radius 1 is 1.38 bits per heavy atom. The number of nitrogens with one attached hydrogen (secondary N) is 1. The van der Waals surface area contributed by atoms with Gasteiger partial charge in [-0.3, -0.25) is 0 Å². The van der Waals surface area contributed by atoms with E-state index in [0.29, 0.717) is 16.9 Å². The van der Waals surface area contributed by atoms with Crippen LogP contribution in [0, 0.1) is 12.7 Å². The summed E-state index contributed by atoms with van der Waals surface area (Å²) in [5.74, 6) is 0.884. The standard InChI is InChI=1S/C13H20FNS/c1-9(2)16-8-13(15-4)11-5-6-12(14)10(3)7-11/h5-7,9,13,15H,8H2,1-4H3. The minimum atomic E-state index is -0.130. The molecular weight excluding hydrogens is 221 g/mol. The summed E-state index contributed by atoms with van der Waals surface area (Å²) in [6.45, 7) is 6.18. The van der Waals surface area contributed by atoms with Crippen LogP contribution in [-0.2, 0) is 0 Å². The molecule has 0 heterocycles. The number of halogens is 1. The van der Waals surface area contributed by atoms with Gasteiger partial charge in [-0.2, -0.15) is 11.8 Å². The smallest absolute Gasteiger partial charge is 0.126 e. The van der Waals surface area contributed by atoms with Gasteiger partial charge in [0.1, 0.15) is 5.82 Å². The van der Waals surface area contributed by atoms with Gasteiger partial charge in [-0.15, -0.1) is 0 Å². The van der Waals surface area contributed by atoms with Crippen molar-refractivity contribution in [2.45, 2.75) is 32.1 Å². The lowest BCUT2D eigenvalue weighted by Gasteiger charge is -2.18. The largest absolute Gasteiger partial charge is 0.312 e. The average molecular weight is 241 g/mol. The highest BCUT2D eigenvalue weighted by atomic mass is 32.2. The summed E-state index contributed by atoms with van der Waals surface area (Å²) in [6.07, 6.45) is 0. The van der Waals surface area contributed by atoms with Crippen molar-refractivity contribution in [1.82, 2.24) is 5.32 Å². The zero-order chi connectivity index (χ0) is 12.1. The lowest BCUT2D eigenvalue weighted by molar-refractivity contribution is 0.611. The third kappa shape index (κ3) is 3.80. The van der Waals surface area contributed by atoms with E-state index in [2.05, 4.69) is 19.2 Å². The Kier molecular flexibility index (Phi) is 5.29. The molecule has 0 aliphatic rings. The van der Waals surface area contributed by atoms with Crippen molar-refractivity contribution in [3.63, 3.8) is 0 Å². The first-order valence-corrected chi connectivity index (χ1v) is 6.64. The number of aryl methyl sites for hydroxylation is 1. The van der Waals surface area contributed by atoms with Crippen molar-refractivity contribution in [2.75, 3.05) is 12.8 Å². The first-order valence-electron chi connectivity index (χ1n) is 5.59. The van der Waals surface area contributed by atoms with Crippen molar-refractivity contribution < 1.29 is 4.39 Å².